The SMILES string of the molecule is COc1ccc(CO)cc1S(=O)(=O)NCC(C)SC. The number of benzene rings is 1. The van der Waals surface area contributed by atoms with Crippen LogP contribution in [0.4, 0.5) is 0 Å². The number of methoxy groups -OCH3 is 1. The van der Waals surface area contributed by atoms with Gasteiger partial charge in [-0.25, -0.2) is 13.1 Å². The number of aliphatic hydroxyl groups excluding tert-OH is 1. The van der Waals surface area contributed by atoms with Gasteiger partial charge in [-0.2, -0.15) is 11.8 Å². The summed E-state index contributed by atoms with van der Waals surface area (Å²) in [5.74, 6) is 0.265. The predicted molar refractivity (Wildman–Crippen MR) is 77.1 cm³/mol. The van der Waals surface area contributed by atoms with Crippen molar-refractivity contribution < 1.29 is 18.3 Å². The lowest BCUT2D eigenvalue weighted by molar-refractivity contribution is 0.281. The Balaban J connectivity index is 3.05. The quantitative estimate of drug-likeness (QED) is 0.792. The Morgan fingerprint density at radius 3 is 2.68 bits per heavy atom. The van der Waals surface area contributed by atoms with E-state index >= 15 is 0 Å². The molecule has 0 aliphatic heterocycles. The molecule has 1 rings (SSSR count). The molecule has 0 aromatic heterocycles. The highest BCUT2D eigenvalue weighted by Crippen LogP contribution is 2.25. The zero-order chi connectivity index (χ0) is 14.5. The van der Waals surface area contributed by atoms with Crippen molar-refractivity contribution in [1.82, 2.24) is 4.72 Å². The summed E-state index contributed by atoms with van der Waals surface area (Å²) < 4.78 is 32.0. The zero-order valence-electron chi connectivity index (χ0n) is 11.2. The fourth-order valence-corrected chi connectivity index (χ4v) is 3.12. The van der Waals surface area contributed by atoms with Crippen LogP contribution >= 0.6 is 11.8 Å². The molecule has 1 atom stereocenters. The highest BCUT2D eigenvalue weighted by atomic mass is 32.2. The Kier molecular flexibility index (Phi) is 6.12. The fraction of sp³-hybridized carbons (Fsp3) is 0.500. The molecule has 0 radical (unpaired) electrons. The van der Waals surface area contributed by atoms with E-state index in [-0.39, 0.29) is 22.5 Å². The van der Waals surface area contributed by atoms with Gasteiger partial charge in [-0.05, 0) is 24.0 Å². The summed E-state index contributed by atoms with van der Waals surface area (Å²) in [4.78, 5) is 0.0508. The molecule has 0 heterocycles. The molecule has 0 bridgehead atoms. The predicted octanol–water partition coefficient (Wildman–Crippen LogP) is 1.22. The molecule has 1 unspecified atom stereocenters. The van der Waals surface area contributed by atoms with Crippen molar-refractivity contribution in [3.05, 3.63) is 23.8 Å². The molecule has 19 heavy (non-hydrogen) atoms. The monoisotopic (exact) mass is 305 g/mol. The van der Waals surface area contributed by atoms with Gasteiger partial charge >= 0.3 is 0 Å². The molecule has 0 saturated heterocycles. The lowest BCUT2D eigenvalue weighted by Crippen LogP contribution is -2.29. The molecule has 2 N–H and O–H groups in total. The average Bonchev–Trinajstić information content (AvgIpc) is 2.43. The van der Waals surface area contributed by atoms with Gasteiger partial charge < -0.3 is 9.84 Å². The van der Waals surface area contributed by atoms with Crippen molar-refractivity contribution in [3.63, 3.8) is 0 Å². The first-order valence-electron chi connectivity index (χ1n) is 5.74. The number of thioether (sulfide) groups is 1. The van der Waals surface area contributed by atoms with Crippen molar-refractivity contribution in [1.29, 1.82) is 0 Å². The first-order valence-corrected chi connectivity index (χ1v) is 8.52. The molecule has 108 valence electrons. The number of sulfonamides is 1. The Hall–Kier alpha value is -0.760. The molecule has 5 nitrogen and oxygen atoms in total. The second-order valence-corrected chi connectivity index (χ2v) is 7.05. The zero-order valence-corrected chi connectivity index (χ0v) is 12.8. The van der Waals surface area contributed by atoms with Gasteiger partial charge in [0.15, 0.2) is 0 Å². The van der Waals surface area contributed by atoms with E-state index in [1.54, 1.807) is 17.8 Å². The second-order valence-electron chi connectivity index (χ2n) is 4.04. The summed E-state index contributed by atoms with van der Waals surface area (Å²) in [5, 5.41) is 9.27. The lowest BCUT2D eigenvalue weighted by Gasteiger charge is -2.13. The highest BCUT2D eigenvalue weighted by Gasteiger charge is 2.20. The van der Waals surface area contributed by atoms with Crippen LogP contribution in [-0.2, 0) is 16.6 Å². The van der Waals surface area contributed by atoms with Crippen LogP contribution in [0.25, 0.3) is 0 Å². The minimum absolute atomic E-state index is 0.0508. The molecule has 1 aromatic carbocycles. The summed E-state index contributed by atoms with van der Waals surface area (Å²) >= 11 is 1.58. The van der Waals surface area contributed by atoms with Gasteiger partial charge in [0.1, 0.15) is 10.6 Å². The van der Waals surface area contributed by atoms with E-state index in [9.17, 15) is 8.42 Å². The molecule has 0 aliphatic rings. The van der Waals surface area contributed by atoms with Crippen LogP contribution in [0.2, 0.25) is 0 Å². The van der Waals surface area contributed by atoms with Crippen molar-refractivity contribution in [2.24, 2.45) is 0 Å². The van der Waals surface area contributed by atoms with Gasteiger partial charge in [0.05, 0.1) is 13.7 Å². The van der Waals surface area contributed by atoms with Crippen molar-refractivity contribution in [2.75, 3.05) is 19.9 Å². The van der Waals surface area contributed by atoms with Crippen molar-refractivity contribution in [3.8, 4) is 5.75 Å². The molecule has 0 fully saturated rings. The standard InChI is InChI=1S/C12H19NO4S2/c1-9(18-3)7-13-19(15,16)12-6-10(8-14)4-5-11(12)17-2/h4-6,9,13-14H,7-8H2,1-3H3. The van der Waals surface area contributed by atoms with Crippen LogP contribution < -0.4 is 9.46 Å². The smallest absolute Gasteiger partial charge is 0.244 e. The van der Waals surface area contributed by atoms with Crippen LogP contribution in [0.15, 0.2) is 23.1 Å². The summed E-state index contributed by atoms with van der Waals surface area (Å²) in [6.07, 6.45) is 1.92. The third-order valence-electron chi connectivity index (χ3n) is 2.66. The molecule has 7 heteroatoms. The van der Waals surface area contributed by atoms with Crippen molar-refractivity contribution >= 4 is 21.8 Å². The van der Waals surface area contributed by atoms with Gasteiger partial charge in [0, 0.05) is 11.8 Å². The third-order valence-corrected chi connectivity index (χ3v) is 5.08. The van der Waals surface area contributed by atoms with Gasteiger partial charge in [-0.15, -0.1) is 0 Å². The Morgan fingerprint density at radius 1 is 1.47 bits per heavy atom. The van der Waals surface area contributed by atoms with E-state index in [0.717, 1.165) is 0 Å². The third kappa shape index (κ3) is 4.38. The van der Waals surface area contributed by atoms with Gasteiger partial charge in [0.25, 0.3) is 0 Å². The highest BCUT2D eigenvalue weighted by molar-refractivity contribution is 7.99. The Labute approximate surface area is 118 Å². The van der Waals surface area contributed by atoms with E-state index < -0.39 is 10.0 Å². The first-order chi connectivity index (χ1) is 8.94. The summed E-state index contributed by atoms with van der Waals surface area (Å²) in [5.41, 5.74) is 0.527. The minimum atomic E-state index is -3.64. The molecule has 0 saturated carbocycles. The van der Waals surface area contributed by atoms with E-state index in [0.29, 0.717) is 12.1 Å². The number of hydrogen-bond donors (Lipinski definition) is 2. The normalized spacial score (nSPS) is 13.3. The maximum absolute atomic E-state index is 12.2. The number of aliphatic hydroxyl groups is 1. The number of nitrogens with one attached hydrogen (secondary N) is 1. The molecular formula is C12H19NO4S2. The van der Waals surface area contributed by atoms with Crippen LogP contribution in [0.5, 0.6) is 5.75 Å². The Bertz CT molecular complexity index is 516. The summed E-state index contributed by atoms with van der Waals surface area (Å²) in [7, 11) is -2.23. The van der Waals surface area contributed by atoms with E-state index in [1.807, 2.05) is 13.2 Å². The largest absolute Gasteiger partial charge is 0.495 e. The second kappa shape index (κ2) is 7.14. The molecular weight excluding hydrogens is 286 g/mol. The number of ether oxygens (including phenoxy) is 1. The lowest BCUT2D eigenvalue weighted by atomic mass is 10.2. The van der Waals surface area contributed by atoms with E-state index in [1.165, 1.54) is 19.2 Å². The molecule has 0 aliphatic carbocycles. The van der Waals surface area contributed by atoms with Gasteiger partial charge in [-0.3, -0.25) is 0 Å². The summed E-state index contributed by atoms with van der Waals surface area (Å²) in [6.45, 7) is 2.07. The van der Waals surface area contributed by atoms with Crippen LogP contribution in [-0.4, -0.2) is 38.7 Å². The fourth-order valence-electron chi connectivity index (χ4n) is 1.42. The Morgan fingerprint density at radius 2 is 2.16 bits per heavy atom. The topological polar surface area (TPSA) is 75.6 Å². The first kappa shape index (κ1) is 16.3. The molecule has 1 aromatic rings. The van der Waals surface area contributed by atoms with E-state index in [4.69, 9.17) is 9.84 Å². The van der Waals surface area contributed by atoms with Gasteiger partial charge in [-0.1, -0.05) is 13.0 Å². The average molecular weight is 305 g/mol. The van der Waals surface area contributed by atoms with Gasteiger partial charge in [0.2, 0.25) is 10.0 Å². The van der Waals surface area contributed by atoms with Crippen molar-refractivity contribution in [2.45, 2.75) is 23.7 Å². The number of hydrogen-bond acceptors (Lipinski definition) is 5. The molecule has 0 spiro atoms. The van der Waals surface area contributed by atoms with Crippen LogP contribution in [0.3, 0.4) is 0 Å². The van der Waals surface area contributed by atoms with Crippen LogP contribution in [0, 0.1) is 0 Å². The maximum atomic E-state index is 12.2. The van der Waals surface area contributed by atoms with Crippen LogP contribution in [0.1, 0.15) is 12.5 Å². The number of rotatable bonds is 7. The van der Waals surface area contributed by atoms with E-state index in [2.05, 4.69) is 4.72 Å². The minimum Gasteiger partial charge on any atom is -0.495 e. The molecule has 0 amide bonds. The maximum Gasteiger partial charge on any atom is 0.244 e. The summed E-state index contributed by atoms with van der Waals surface area (Å²) in [6, 6.07) is 4.59.